The number of ether oxygens (including phenoxy) is 1. The van der Waals surface area contributed by atoms with Gasteiger partial charge in [-0.2, -0.15) is 5.10 Å². The number of carbonyl (C=O) groups excluding carboxylic acids is 2. The van der Waals surface area contributed by atoms with E-state index in [-0.39, 0.29) is 5.13 Å². The maximum Gasteiger partial charge on any atom is 0.329 e. The fourth-order valence-electron chi connectivity index (χ4n) is 2.92. The first kappa shape index (κ1) is 24.0. The number of amides is 2. The van der Waals surface area contributed by atoms with Crippen molar-refractivity contribution in [1.82, 2.24) is 20.6 Å². The van der Waals surface area contributed by atoms with Crippen LogP contribution in [0, 0.1) is 0 Å². The van der Waals surface area contributed by atoms with Crippen molar-refractivity contribution in [2.24, 2.45) is 5.10 Å². The third-order valence-corrected chi connectivity index (χ3v) is 6.45. The monoisotopic (exact) mass is 504 g/mol. The molecule has 35 heavy (non-hydrogen) atoms. The third-order valence-electron chi connectivity index (χ3n) is 4.57. The zero-order chi connectivity index (χ0) is 24.5. The first-order valence-electron chi connectivity index (χ1n) is 10.4. The Hall–Kier alpha value is -4.09. The maximum absolute atomic E-state index is 12.2. The lowest BCUT2D eigenvalue weighted by molar-refractivity contribution is -0.136. The number of thioether (sulfide) groups is 1. The highest BCUT2D eigenvalue weighted by atomic mass is 32.2. The van der Waals surface area contributed by atoms with E-state index in [1.165, 1.54) is 17.6 Å². The first-order chi connectivity index (χ1) is 17.1. The average molecular weight is 505 g/mol. The molecule has 0 bridgehead atoms. The molecule has 9 nitrogen and oxygen atoms in total. The number of hydrazone groups is 1. The molecule has 2 aromatic heterocycles. The molecule has 0 atom stereocenters. The van der Waals surface area contributed by atoms with Crippen molar-refractivity contribution < 1.29 is 14.3 Å². The number of anilines is 1. The number of benzene rings is 2. The van der Waals surface area contributed by atoms with Crippen molar-refractivity contribution in [3.8, 4) is 16.3 Å². The Labute approximate surface area is 209 Å². The summed E-state index contributed by atoms with van der Waals surface area (Å²) in [6.45, 7) is 0. The zero-order valence-corrected chi connectivity index (χ0v) is 20.2. The van der Waals surface area contributed by atoms with Gasteiger partial charge in [0.1, 0.15) is 10.8 Å². The van der Waals surface area contributed by atoms with E-state index in [1.54, 1.807) is 31.1 Å². The molecule has 0 spiro atoms. The summed E-state index contributed by atoms with van der Waals surface area (Å²) in [6.07, 6.45) is 3.20. The van der Waals surface area contributed by atoms with Crippen molar-refractivity contribution >= 4 is 46.3 Å². The van der Waals surface area contributed by atoms with Gasteiger partial charge in [0.05, 0.1) is 18.4 Å². The largest absolute Gasteiger partial charge is 0.496 e. The van der Waals surface area contributed by atoms with Crippen LogP contribution >= 0.6 is 23.1 Å². The van der Waals surface area contributed by atoms with Crippen LogP contribution in [0.4, 0.5) is 5.13 Å². The lowest BCUT2D eigenvalue weighted by Gasteiger charge is -2.09. The molecule has 2 N–H and O–H groups in total. The van der Waals surface area contributed by atoms with E-state index in [9.17, 15) is 9.59 Å². The Bertz CT molecular complexity index is 1330. The van der Waals surface area contributed by atoms with Gasteiger partial charge in [-0.25, -0.2) is 10.4 Å². The quantitative estimate of drug-likeness (QED) is 0.161. The molecule has 0 aliphatic heterocycles. The van der Waals surface area contributed by atoms with E-state index >= 15 is 0 Å². The molecular formula is C24H20N6O3S2. The Morgan fingerprint density at radius 3 is 2.66 bits per heavy atom. The third kappa shape index (κ3) is 6.71. The summed E-state index contributed by atoms with van der Waals surface area (Å²) in [4.78, 5) is 28.6. The van der Waals surface area contributed by atoms with Gasteiger partial charge in [-0.05, 0) is 35.9 Å². The molecule has 0 aliphatic rings. The topological polar surface area (TPSA) is 118 Å². The van der Waals surface area contributed by atoms with Gasteiger partial charge in [-0.15, -0.1) is 22.0 Å². The molecule has 0 unspecified atom stereocenters. The van der Waals surface area contributed by atoms with E-state index in [4.69, 9.17) is 4.74 Å². The molecule has 4 aromatic rings. The summed E-state index contributed by atoms with van der Waals surface area (Å²) in [5.74, 6) is -0.429. The highest BCUT2D eigenvalue weighted by Gasteiger charge is 2.16. The van der Waals surface area contributed by atoms with E-state index in [0.29, 0.717) is 10.8 Å². The average Bonchev–Trinajstić information content (AvgIpc) is 3.37. The molecule has 0 radical (unpaired) electrons. The predicted octanol–water partition coefficient (Wildman–Crippen LogP) is 3.99. The summed E-state index contributed by atoms with van der Waals surface area (Å²) in [5.41, 5.74) is 4.78. The summed E-state index contributed by atoms with van der Waals surface area (Å²) < 4.78 is 5.44. The van der Waals surface area contributed by atoms with Crippen LogP contribution in [0.15, 0.2) is 83.1 Å². The summed E-state index contributed by atoms with van der Waals surface area (Å²) >= 11 is 2.75. The second-order valence-electron chi connectivity index (χ2n) is 6.96. The van der Waals surface area contributed by atoms with Crippen LogP contribution in [-0.4, -0.2) is 40.3 Å². The van der Waals surface area contributed by atoms with Gasteiger partial charge in [0.2, 0.25) is 5.13 Å². The Kier molecular flexibility index (Phi) is 8.15. The molecule has 2 aromatic carbocycles. The number of aromatic nitrogens is 3. The highest BCUT2D eigenvalue weighted by Crippen LogP contribution is 2.28. The van der Waals surface area contributed by atoms with Gasteiger partial charge >= 0.3 is 11.8 Å². The van der Waals surface area contributed by atoms with Crippen LogP contribution in [-0.2, 0) is 15.3 Å². The second kappa shape index (κ2) is 11.9. The number of pyridine rings is 1. The van der Waals surface area contributed by atoms with Crippen molar-refractivity contribution in [2.75, 3.05) is 12.4 Å². The number of nitrogens with one attached hydrogen (secondary N) is 2. The molecule has 0 fully saturated rings. The number of hydrogen-bond acceptors (Lipinski definition) is 9. The van der Waals surface area contributed by atoms with Crippen LogP contribution in [0.3, 0.4) is 0 Å². The van der Waals surface area contributed by atoms with Crippen LogP contribution in [0.25, 0.3) is 10.6 Å². The van der Waals surface area contributed by atoms with Crippen molar-refractivity contribution in [1.29, 1.82) is 0 Å². The summed E-state index contributed by atoms with van der Waals surface area (Å²) in [7, 11) is 1.61. The smallest absolute Gasteiger partial charge is 0.329 e. The molecule has 4 rings (SSSR count). The summed E-state index contributed by atoms with van der Waals surface area (Å²) in [6, 6.07) is 20.7. The van der Waals surface area contributed by atoms with Gasteiger partial charge in [0.25, 0.3) is 0 Å². The van der Waals surface area contributed by atoms with Crippen molar-refractivity contribution in [2.45, 2.75) is 10.8 Å². The number of methoxy groups -OCH3 is 1. The second-order valence-corrected chi connectivity index (χ2v) is 8.93. The van der Waals surface area contributed by atoms with E-state index < -0.39 is 11.8 Å². The number of rotatable bonds is 8. The van der Waals surface area contributed by atoms with Gasteiger partial charge < -0.3 is 4.74 Å². The molecular weight excluding hydrogens is 484 g/mol. The number of hydrogen-bond donors (Lipinski definition) is 2. The highest BCUT2D eigenvalue weighted by molar-refractivity contribution is 7.98. The van der Waals surface area contributed by atoms with E-state index in [1.807, 2.05) is 60.7 Å². The normalized spacial score (nSPS) is 10.8. The molecule has 2 amide bonds. The fraction of sp³-hybridized carbons (Fsp3) is 0.0833. The van der Waals surface area contributed by atoms with Crippen LogP contribution in [0.2, 0.25) is 0 Å². The molecule has 0 saturated carbocycles. The zero-order valence-electron chi connectivity index (χ0n) is 18.5. The molecule has 11 heteroatoms. The van der Waals surface area contributed by atoms with E-state index in [2.05, 4.69) is 31.0 Å². The fourth-order valence-corrected chi connectivity index (χ4v) is 4.50. The Morgan fingerprint density at radius 1 is 1.06 bits per heavy atom. The SMILES string of the molecule is COc1ccc(/C=N/NC(=O)C(=O)Nc2nnc(-c3ccccc3)s2)cc1CSc1ccccn1. The molecule has 176 valence electrons. The number of nitrogens with zero attached hydrogens (tertiary/aromatic N) is 4. The van der Waals surface area contributed by atoms with Crippen LogP contribution in [0.1, 0.15) is 11.1 Å². The Morgan fingerprint density at radius 2 is 1.89 bits per heavy atom. The van der Waals surface area contributed by atoms with Gasteiger partial charge in [0.15, 0.2) is 0 Å². The van der Waals surface area contributed by atoms with Crippen LogP contribution in [0.5, 0.6) is 5.75 Å². The minimum atomic E-state index is -0.919. The van der Waals surface area contributed by atoms with Gasteiger partial charge in [-0.1, -0.05) is 47.7 Å². The molecule has 0 aliphatic carbocycles. The van der Waals surface area contributed by atoms with Crippen molar-refractivity contribution in [3.63, 3.8) is 0 Å². The predicted molar refractivity (Wildman–Crippen MR) is 137 cm³/mol. The van der Waals surface area contributed by atoms with Gasteiger partial charge in [-0.3, -0.25) is 14.9 Å². The Balaban J connectivity index is 1.33. The first-order valence-corrected chi connectivity index (χ1v) is 12.2. The van der Waals surface area contributed by atoms with Gasteiger partial charge in [0, 0.05) is 23.1 Å². The molecule has 0 saturated heterocycles. The van der Waals surface area contributed by atoms with Crippen molar-refractivity contribution in [3.05, 3.63) is 84.1 Å². The lowest BCUT2D eigenvalue weighted by Crippen LogP contribution is -2.32. The minimum absolute atomic E-state index is 0.221. The molecule has 2 heterocycles. The van der Waals surface area contributed by atoms with E-state index in [0.717, 1.165) is 27.5 Å². The number of carbonyl (C=O) groups is 2. The van der Waals surface area contributed by atoms with Crippen LogP contribution < -0.4 is 15.5 Å². The summed E-state index contributed by atoms with van der Waals surface area (Å²) in [5, 5.41) is 16.0. The minimum Gasteiger partial charge on any atom is -0.496 e. The maximum atomic E-state index is 12.2. The standard InChI is InChI=1S/C24H20N6O3S2/c1-33-19-11-10-16(13-18(19)15-34-20-9-5-6-12-25-20)14-26-28-22(32)21(31)27-24-30-29-23(35-24)17-7-3-2-4-8-17/h2-14H,15H2,1H3,(H,28,32)(H,27,30,31)/b26-14+. The lowest BCUT2D eigenvalue weighted by atomic mass is 10.1.